The maximum Gasteiger partial charge on any atom is 0.266 e. The van der Waals surface area contributed by atoms with Crippen molar-refractivity contribution in [2.75, 3.05) is 52.4 Å². The second-order valence-electron chi connectivity index (χ2n) is 10.5. The first-order valence-corrected chi connectivity index (χ1v) is 16.2. The molecule has 3 aromatic carbocycles. The van der Waals surface area contributed by atoms with E-state index in [4.69, 9.17) is 29.0 Å². The van der Waals surface area contributed by atoms with Crippen molar-refractivity contribution in [1.29, 1.82) is 0 Å². The second kappa shape index (κ2) is 14.2. The Morgan fingerprint density at radius 2 is 1.80 bits per heavy atom. The number of methoxy groups -OCH3 is 1. The average molecular weight is 624 g/mol. The summed E-state index contributed by atoms with van der Waals surface area (Å²) in [6.45, 7) is 2.25. The van der Waals surface area contributed by atoms with Crippen LogP contribution in [0.25, 0.3) is 0 Å². The van der Waals surface area contributed by atoms with Gasteiger partial charge in [0.05, 0.1) is 37.6 Å². The molecule has 11 nitrogen and oxygen atoms in total. The number of morpholine rings is 1. The molecule has 2 aliphatic heterocycles. The highest BCUT2D eigenvalue weighted by Gasteiger charge is 2.54. The van der Waals surface area contributed by atoms with Gasteiger partial charge >= 0.3 is 0 Å². The average Bonchev–Trinajstić information content (AvgIpc) is 3.46. The number of nitrogens with one attached hydrogen (secondary N) is 1. The monoisotopic (exact) mass is 623 g/mol. The molecule has 0 unspecified atom stereocenters. The Labute approximate surface area is 257 Å². The maximum absolute atomic E-state index is 14.4. The lowest BCUT2D eigenvalue weighted by Gasteiger charge is -2.34. The van der Waals surface area contributed by atoms with Crippen LogP contribution in [0.2, 0.25) is 0 Å². The fourth-order valence-corrected chi connectivity index (χ4v) is 6.51. The third-order valence-corrected chi connectivity index (χ3v) is 9.28. The van der Waals surface area contributed by atoms with E-state index < -0.39 is 27.4 Å². The SMILES string of the molecule is COc1cccc([C@@H]2OC(c3ccc(OCCCO)cc3)=N[C@]2(CCS(=O)(=O)c2ccccc2)C(=O)NN2CCOCC2)c1. The van der Waals surface area contributed by atoms with Crippen LogP contribution in [0.4, 0.5) is 0 Å². The molecule has 1 fully saturated rings. The zero-order chi connectivity index (χ0) is 31.0. The largest absolute Gasteiger partial charge is 0.497 e. The summed E-state index contributed by atoms with van der Waals surface area (Å²) in [5.74, 6) is 0.549. The smallest absolute Gasteiger partial charge is 0.266 e. The summed E-state index contributed by atoms with van der Waals surface area (Å²) in [4.78, 5) is 19.4. The standard InChI is InChI=1S/C32H37N3O8S/c1-40-27-8-5-7-25(23-27)29-32(31(37)34-35-16-20-41-21-17-35,15-22-44(38,39)28-9-3-2-4-10-28)33-30(43-29)24-11-13-26(14-12-24)42-19-6-18-36/h2-5,7-14,23,29,36H,6,15-22H2,1H3,(H,34,37)/t29-,32-/m0/s1. The van der Waals surface area contributed by atoms with Gasteiger partial charge in [0.15, 0.2) is 21.5 Å². The van der Waals surface area contributed by atoms with E-state index >= 15 is 0 Å². The van der Waals surface area contributed by atoms with E-state index in [1.165, 1.54) is 0 Å². The van der Waals surface area contributed by atoms with Gasteiger partial charge in [0, 0.05) is 38.1 Å². The molecule has 3 aromatic rings. The number of rotatable bonds is 13. The van der Waals surface area contributed by atoms with Crippen LogP contribution in [0.1, 0.15) is 30.1 Å². The van der Waals surface area contributed by atoms with Gasteiger partial charge in [-0.15, -0.1) is 0 Å². The molecule has 0 spiro atoms. The number of amides is 1. The third kappa shape index (κ3) is 7.21. The molecule has 2 aliphatic rings. The van der Waals surface area contributed by atoms with Crippen LogP contribution >= 0.6 is 0 Å². The molecule has 0 aromatic heterocycles. The van der Waals surface area contributed by atoms with Crippen molar-refractivity contribution in [1.82, 2.24) is 10.4 Å². The molecule has 44 heavy (non-hydrogen) atoms. The number of hydrogen-bond acceptors (Lipinski definition) is 10. The Morgan fingerprint density at radius 3 is 2.50 bits per heavy atom. The Morgan fingerprint density at radius 1 is 1.05 bits per heavy atom. The number of carbonyl (C=O) groups is 1. The van der Waals surface area contributed by atoms with Crippen molar-refractivity contribution in [2.24, 2.45) is 4.99 Å². The number of hydrogen-bond donors (Lipinski definition) is 2. The van der Waals surface area contributed by atoms with E-state index in [1.807, 2.05) is 6.07 Å². The molecular formula is C32H37N3O8S. The Balaban J connectivity index is 1.55. The van der Waals surface area contributed by atoms with Crippen molar-refractivity contribution in [3.63, 3.8) is 0 Å². The molecule has 0 bridgehead atoms. The van der Waals surface area contributed by atoms with Crippen molar-refractivity contribution in [3.05, 3.63) is 90.0 Å². The summed E-state index contributed by atoms with van der Waals surface area (Å²) in [6.07, 6.45) is -0.597. The van der Waals surface area contributed by atoms with E-state index in [2.05, 4.69) is 5.43 Å². The van der Waals surface area contributed by atoms with E-state index in [0.29, 0.717) is 62.0 Å². The number of aliphatic hydroxyl groups is 1. The van der Waals surface area contributed by atoms with Gasteiger partial charge in [-0.3, -0.25) is 10.2 Å². The third-order valence-electron chi connectivity index (χ3n) is 7.55. The predicted octanol–water partition coefficient (Wildman–Crippen LogP) is 2.94. The van der Waals surface area contributed by atoms with Gasteiger partial charge in [0.1, 0.15) is 11.5 Å². The number of hydrazine groups is 1. The van der Waals surface area contributed by atoms with E-state index in [-0.39, 0.29) is 29.6 Å². The predicted molar refractivity (Wildman–Crippen MR) is 163 cm³/mol. The van der Waals surface area contributed by atoms with Gasteiger partial charge in [-0.1, -0.05) is 30.3 Å². The molecule has 5 rings (SSSR count). The minimum absolute atomic E-state index is 0.0307. The summed E-state index contributed by atoms with van der Waals surface area (Å²) < 4.78 is 50.0. The molecule has 2 N–H and O–H groups in total. The van der Waals surface area contributed by atoms with Gasteiger partial charge in [0.2, 0.25) is 5.90 Å². The molecule has 0 aliphatic carbocycles. The fourth-order valence-electron chi connectivity index (χ4n) is 5.13. The zero-order valence-electron chi connectivity index (χ0n) is 24.6. The first kappa shape index (κ1) is 31.5. The molecule has 1 amide bonds. The van der Waals surface area contributed by atoms with Gasteiger partial charge in [-0.2, -0.15) is 0 Å². The molecule has 0 radical (unpaired) electrons. The van der Waals surface area contributed by atoms with Gasteiger partial charge < -0.3 is 24.1 Å². The lowest BCUT2D eigenvalue weighted by Crippen LogP contribution is -2.57. The number of sulfone groups is 1. The van der Waals surface area contributed by atoms with E-state index in [9.17, 15) is 13.2 Å². The van der Waals surface area contributed by atoms with Gasteiger partial charge in [-0.25, -0.2) is 18.4 Å². The summed E-state index contributed by atoms with van der Waals surface area (Å²) in [7, 11) is -2.22. The molecule has 12 heteroatoms. The highest BCUT2D eigenvalue weighted by Crippen LogP contribution is 2.44. The van der Waals surface area contributed by atoms with Crippen LogP contribution in [-0.2, 0) is 24.1 Å². The lowest BCUT2D eigenvalue weighted by atomic mass is 9.85. The second-order valence-corrected chi connectivity index (χ2v) is 12.6. The molecule has 2 atom stereocenters. The normalized spacial score (nSPS) is 20.4. The van der Waals surface area contributed by atoms with Crippen molar-refractivity contribution >= 4 is 21.6 Å². The highest BCUT2D eigenvalue weighted by molar-refractivity contribution is 7.91. The topological polar surface area (TPSA) is 136 Å². The number of ether oxygens (including phenoxy) is 4. The number of nitrogens with zero attached hydrogens (tertiary/aromatic N) is 2. The van der Waals surface area contributed by atoms with Crippen LogP contribution in [0.15, 0.2) is 88.8 Å². The molecule has 2 heterocycles. The quantitative estimate of drug-likeness (QED) is 0.276. The van der Waals surface area contributed by atoms with E-state index in [1.54, 1.807) is 84.9 Å². The minimum atomic E-state index is -3.77. The Hall–Kier alpha value is -3.97. The van der Waals surface area contributed by atoms with Crippen molar-refractivity contribution in [3.8, 4) is 11.5 Å². The highest BCUT2D eigenvalue weighted by atomic mass is 32.2. The van der Waals surface area contributed by atoms with Crippen LogP contribution in [0, 0.1) is 0 Å². The maximum atomic E-state index is 14.4. The number of aliphatic imine (C=N–C) groups is 1. The fraction of sp³-hybridized carbons (Fsp3) is 0.375. The summed E-state index contributed by atoms with van der Waals surface area (Å²) in [5, 5.41) is 10.8. The van der Waals surface area contributed by atoms with E-state index in [0.717, 1.165) is 0 Å². The minimum Gasteiger partial charge on any atom is -0.497 e. The molecular weight excluding hydrogens is 586 g/mol. The summed E-state index contributed by atoms with van der Waals surface area (Å²) in [5.41, 5.74) is 2.54. The van der Waals surface area contributed by atoms with Crippen molar-refractivity contribution in [2.45, 2.75) is 29.4 Å². The Bertz CT molecular complexity index is 1540. The lowest BCUT2D eigenvalue weighted by molar-refractivity contribution is -0.136. The van der Waals surface area contributed by atoms with Crippen LogP contribution < -0.4 is 14.9 Å². The first-order chi connectivity index (χ1) is 21.3. The van der Waals surface area contributed by atoms with Gasteiger partial charge in [-0.05, 0) is 54.1 Å². The number of aliphatic hydroxyl groups excluding tert-OH is 1. The molecule has 1 saturated heterocycles. The number of benzene rings is 3. The summed E-state index contributed by atoms with van der Waals surface area (Å²) >= 11 is 0. The first-order valence-electron chi connectivity index (χ1n) is 14.5. The van der Waals surface area contributed by atoms with Crippen LogP contribution in [0.3, 0.4) is 0 Å². The van der Waals surface area contributed by atoms with Crippen LogP contribution in [-0.4, -0.2) is 88.3 Å². The van der Waals surface area contributed by atoms with Crippen molar-refractivity contribution < 1.29 is 37.3 Å². The van der Waals surface area contributed by atoms with Gasteiger partial charge in [0.25, 0.3) is 5.91 Å². The number of carbonyl (C=O) groups excluding carboxylic acids is 1. The molecule has 234 valence electrons. The molecule has 0 saturated carbocycles. The van der Waals surface area contributed by atoms with Crippen LogP contribution in [0.5, 0.6) is 11.5 Å². The zero-order valence-corrected chi connectivity index (χ0v) is 25.4. The summed E-state index contributed by atoms with van der Waals surface area (Å²) in [6, 6.07) is 22.4. The Kier molecular flexibility index (Phi) is 10.2.